The Bertz CT molecular complexity index is 808. The van der Waals surface area contributed by atoms with Crippen molar-refractivity contribution >= 4 is 29.4 Å². The molecule has 2 rings (SSSR count). The van der Waals surface area contributed by atoms with Gasteiger partial charge in [0.2, 0.25) is 5.91 Å². The van der Waals surface area contributed by atoms with Crippen molar-refractivity contribution in [1.29, 1.82) is 0 Å². The van der Waals surface area contributed by atoms with Gasteiger partial charge in [-0.1, -0.05) is 36.4 Å². The van der Waals surface area contributed by atoms with E-state index in [1.165, 1.54) is 12.0 Å². The number of nitrogens with one attached hydrogen (secondary N) is 3. The maximum Gasteiger partial charge on any atom is 0.411 e. The summed E-state index contributed by atoms with van der Waals surface area (Å²) in [5, 5.41) is 7.85. The van der Waals surface area contributed by atoms with Gasteiger partial charge in [0.25, 0.3) is 0 Å². The Kier molecular flexibility index (Phi) is 6.76. The van der Waals surface area contributed by atoms with Crippen molar-refractivity contribution < 1.29 is 19.1 Å². The van der Waals surface area contributed by atoms with Gasteiger partial charge in [-0.25, -0.2) is 9.59 Å². The molecule has 1 unspecified atom stereocenters. The topological polar surface area (TPSA) is 99.8 Å². The molecule has 3 N–H and O–H groups in total. The molecule has 0 aromatic heterocycles. The first-order chi connectivity index (χ1) is 12.9. The first kappa shape index (κ1) is 19.8. The first-order valence-electron chi connectivity index (χ1n) is 8.19. The van der Waals surface area contributed by atoms with Crippen LogP contribution < -0.4 is 16.0 Å². The third-order valence-corrected chi connectivity index (χ3v) is 3.65. The summed E-state index contributed by atoms with van der Waals surface area (Å²) in [5.74, 6) is -0.252. The quantitative estimate of drug-likeness (QED) is 0.753. The highest BCUT2D eigenvalue weighted by Gasteiger charge is 2.24. The summed E-state index contributed by atoms with van der Waals surface area (Å²) >= 11 is 0. The average molecular weight is 370 g/mol. The minimum Gasteiger partial charge on any atom is -0.453 e. The van der Waals surface area contributed by atoms with Gasteiger partial charge in [0, 0.05) is 25.5 Å². The van der Waals surface area contributed by atoms with E-state index in [1.807, 2.05) is 6.07 Å². The number of rotatable bonds is 5. The van der Waals surface area contributed by atoms with Crippen LogP contribution in [0.1, 0.15) is 11.6 Å². The number of amides is 4. The molecule has 0 saturated heterocycles. The highest BCUT2D eigenvalue weighted by Crippen LogP contribution is 2.17. The molecule has 1 atom stereocenters. The molecule has 0 fully saturated rings. The maximum absolute atomic E-state index is 12.5. The fraction of sp³-hybridized carbons (Fsp3) is 0.211. The second-order valence-corrected chi connectivity index (χ2v) is 5.87. The number of hydrogen-bond acceptors (Lipinski definition) is 4. The molecule has 2 aromatic carbocycles. The van der Waals surface area contributed by atoms with E-state index >= 15 is 0 Å². The van der Waals surface area contributed by atoms with Gasteiger partial charge in [-0.3, -0.25) is 10.1 Å². The van der Waals surface area contributed by atoms with Crippen LogP contribution in [0, 0.1) is 0 Å². The molecule has 27 heavy (non-hydrogen) atoms. The summed E-state index contributed by atoms with van der Waals surface area (Å²) in [6.45, 7) is 0. The molecule has 0 radical (unpaired) electrons. The Labute approximate surface area is 157 Å². The molecule has 4 amide bonds. The molecule has 0 aliphatic heterocycles. The second-order valence-electron chi connectivity index (χ2n) is 5.87. The van der Waals surface area contributed by atoms with E-state index in [4.69, 9.17) is 0 Å². The van der Waals surface area contributed by atoms with Crippen molar-refractivity contribution in [3.8, 4) is 0 Å². The van der Waals surface area contributed by atoms with Crippen LogP contribution in [0.2, 0.25) is 0 Å². The van der Waals surface area contributed by atoms with Crippen molar-refractivity contribution in [3.63, 3.8) is 0 Å². The highest BCUT2D eigenvalue weighted by molar-refractivity contribution is 5.95. The molecule has 0 aliphatic carbocycles. The lowest BCUT2D eigenvalue weighted by molar-refractivity contribution is -0.130. The second kappa shape index (κ2) is 9.23. The van der Waals surface area contributed by atoms with E-state index in [0.717, 1.165) is 0 Å². The largest absolute Gasteiger partial charge is 0.453 e. The predicted octanol–water partition coefficient (Wildman–Crippen LogP) is 2.82. The molecular weight excluding hydrogens is 348 g/mol. The molecule has 8 nitrogen and oxygen atoms in total. The zero-order valence-corrected chi connectivity index (χ0v) is 15.4. The van der Waals surface area contributed by atoms with Crippen LogP contribution >= 0.6 is 0 Å². The van der Waals surface area contributed by atoms with Crippen LogP contribution in [0.25, 0.3) is 0 Å². The number of hydrogen-bond donors (Lipinski definition) is 3. The number of carbonyl (C=O) groups excluding carboxylic acids is 3. The van der Waals surface area contributed by atoms with E-state index in [9.17, 15) is 14.4 Å². The van der Waals surface area contributed by atoms with E-state index < -0.39 is 18.2 Å². The Morgan fingerprint density at radius 1 is 0.926 bits per heavy atom. The summed E-state index contributed by atoms with van der Waals surface area (Å²) in [6.07, 6.45) is -0.614. The number of urea groups is 1. The van der Waals surface area contributed by atoms with Gasteiger partial charge in [-0.15, -0.1) is 0 Å². The lowest BCUT2D eigenvalue weighted by Crippen LogP contribution is -2.41. The van der Waals surface area contributed by atoms with Crippen molar-refractivity contribution in [1.82, 2.24) is 10.2 Å². The van der Waals surface area contributed by atoms with Crippen LogP contribution in [0.5, 0.6) is 0 Å². The number of likely N-dealkylation sites (N-methyl/N-ethyl adjacent to an activating group) is 1. The molecule has 2 aromatic rings. The lowest BCUT2D eigenvalue weighted by Gasteiger charge is -2.22. The minimum absolute atomic E-state index is 0.252. The van der Waals surface area contributed by atoms with Crippen LogP contribution in [0.3, 0.4) is 0 Å². The standard InChI is InChI=1S/C19H22N4O4/c1-23(2)17(24)16(13-8-5-4-6-9-13)22-18(25)20-14-10-7-11-15(12-14)21-19(26)27-3/h4-12,16H,1-3H3,(H,21,26)(H2,20,22,25). The molecular formula is C19H22N4O4. The van der Waals surface area contributed by atoms with E-state index in [1.54, 1.807) is 62.6 Å². The monoisotopic (exact) mass is 370 g/mol. The Morgan fingerprint density at radius 2 is 1.56 bits per heavy atom. The summed E-state index contributed by atoms with van der Waals surface area (Å²) < 4.78 is 4.53. The number of ether oxygens (including phenoxy) is 1. The van der Waals surface area contributed by atoms with Crippen molar-refractivity contribution in [3.05, 3.63) is 60.2 Å². The molecule has 0 aliphatic rings. The van der Waals surface area contributed by atoms with Crippen molar-refractivity contribution in [2.24, 2.45) is 0 Å². The maximum atomic E-state index is 12.5. The van der Waals surface area contributed by atoms with Gasteiger partial charge >= 0.3 is 12.1 Å². The summed E-state index contributed by atoms with van der Waals surface area (Å²) in [6, 6.07) is 14.2. The Balaban J connectivity index is 2.11. The number of carbonyl (C=O) groups is 3. The van der Waals surface area contributed by atoms with Gasteiger partial charge in [0.1, 0.15) is 6.04 Å². The molecule has 0 bridgehead atoms. The molecule has 0 saturated carbocycles. The zero-order chi connectivity index (χ0) is 19.8. The summed E-state index contributed by atoms with van der Waals surface area (Å²) in [4.78, 5) is 37.6. The van der Waals surface area contributed by atoms with E-state index in [0.29, 0.717) is 16.9 Å². The third kappa shape index (κ3) is 5.74. The minimum atomic E-state index is -0.822. The van der Waals surface area contributed by atoms with Gasteiger partial charge in [-0.05, 0) is 23.8 Å². The number of methoxy groups -OCH3 is 1. The zero-order valence-electron chi connectivity index (χ0n) is 15.4. The fourth-order valence-electron chi connectivity index (χ4n) is 2.33. The first-order valence-corrected chi connectivity index (χ1v) is 8.19. The fourth-order valence-corrected chi connectivity index (χ4v) is 2.33. The van der Waals surface area contributed by atoms with Crippen LogP contribution in [0.15, 0.2) is 54.6 Å². The molecule has 0 spiro atoms. The number of benzene rings is 2. The summed E-state index contributed by atoms with van der Waals surface area (Å²) in [5.41, 5.74) is 1.58. The summed E-state index contributed by atoms with van der Waals surface area (Å²) in [7, 11) is 4.51. The van der Waals surface area contributed by atoms with Crippen molar-refractivity contribution in [2.75, 3.05) is 31.8 Å². The van der Waals surface area contributed by atoms with Crippen molar-refractivity contribution in [2.45, 2.75) is 6.04 Å². The van der Waals surface area contributed by atoms with E-state index in [-0.39, 0.29) is 5.91 Å². The SMILES string of the molecule is COC(=O)Nc1cccc(NC(=O)NC(C(=O)N(C)C)c2ccccc2)c1. The smallest absolute Gasteiger partial charge is 0.411 e. The third-order valence-electron chi connectivity index (χ3n) is 3.65. The lowest BCUT2D eigenvalue weighted by atomic mass is 10.1. The van der Waals surface area contributed by atoms with Gasteiger partial charge in [-0.2, -0.15) is 0 Å². The molecule has 8 heteroatoms. The molecule has 142 valence electrons. The van der Waals surface area contributed by atoms with Gasteiger partial charge < -0.3 is 20.3 Å². The predicted molar refractivity (Wildman–Crippen MR) is 103 cm³/mol. The van der Waals surface area contributed by atoms with Crippen LogP contribution in [-0.2, 0) is 9.53 Å². The Morgan fingerprint density at radius 3 is 2.15 bits per heavy atom. The van der Waals surface area contributed by atoms with Crippen LogP contribution in [0.4, 0.5) is 21.0 Å². The highest BCUT2D eigenvalue weighted by atomic mass is 16.5. The van der Waals surface area contributed by atoms with Gasteiger partial charge in [0.15, 0.2) is 0 Å². The number of anilines is 2. The van der Waals surface area contributed by atoms with Crippen LogP contribution in [-0.4, -0.2) is 44.1 Å². The average Bonchev–Trinajstić information content (AvgIpc) is 2.66. The Hall–Kier alpha value is -3.55. The number of nitrogens with zero attached hydrogens (tertiary/aromatic N) is 1. The van der Waals surface area contributed by atoms with E-state index in [2.05, 4.69) is 20.7 Å². The normalized spacial score (nSPS) is 11.1. The van der Waals surface area contributed by atoms with Gasteiger partial charge in [0.05, 0.1) is 7.11 Å². The molecule has 0 heterocycles.